The van der Waals surface area contributed by atoms with Crippen LogP contribution in [0.5, 0.6) is 0 Å². The Balaban J connectivity index is 2.37. The molecule has 62 valence electrons. The Labute approximate surface area is 70.0 Å². The SMILES string of the molecule is O=C1CNCc2cnccc2N1. The van der Waals surface area contributed by atoms with Crippen LogP contribution in [0.25, 0.3) is 0 Å². The molecule has 1 aromatic heterocycles. The quantitative estimate of drug-likeness (QED) is 0.571. The maximum atomic E-state index is 11.1. The Bertz CT molecular complexity index is 311. The van der Waals surface area contributed by atoms with Gasteiger partial charge in [-0.05, 0) is 6.07 Å². The number of carbonyl (C=O) groups is 1. The fourth-order valence-electron chi connectivity index (χ4n) is 1.20. The molecule has 2 heterocycles. The highest BCUT2D eigenvalue weighted by Crippen LogP contribution is 2.14. The van der Waals surface area contributed by atoms with E-state index in [1.165, 1.54) is 0 Å². The second-order valence-corrected chi connectivity index (χ2v) is 2.68. The van der Waals surface area contributed by atoms with Gasteiger partial charge in [0.2, 0.25) is 5.91 Å². The number of rotatable bonds is 0. The number of anilines is 1. The number of hydrogen-bond acceptors (Lipinski definition) is 3. The zero-order valence-electron chi connectivity index (χ0n) is 6.50. The number of aromatic nitrogens is 1. The molecule has 0 atom stereocenters. The van der Waals surface area contributed by atoms with E-state index in [1.807, 2.05) is 0 Å². The summed E-state index contributed by atoms with van der Waals surface area (Å²) >= 11 is 0. The van der Waals surface area contributed by atoms with Crippen molar-refractivity contribution in [2.24, 2.45) is 0 Å². The third-order valence-electron chi connectivity index (χ3n) is 1.78. The van der Waals surface area contributed by atoms with E-state index in [0.29, 0.717) is 13.1 Å². The molecule has 2 rings (SSSR count). The van der Waals surface area contributed by atoms with Gasteiger partial charge in [0.15, 0.2) is 0 Å². The van der Waals surface area contributed by atoms with E-state index in [4.69, 9.17) is 0 Å². The fraction of sp³-hybridized carbons (Fsp3) is 0.250. The van der Waals surface area contributed by atoms with Crippen molar-refractivity contribution in [3.8, 4) is 0 Å². The summed E-state index contributed by atoms with van der Waals surface area (Å²) in [5.41, 5.74) is 1.89. The summed E-state index contributed by atoms with van der Waals surface area (Å²) in [5.74, 6) is -0.0000463. The largest absolute Gasteiger partial charge is 0.325 e. The van der Waals surface area contributed by atoms with E-state index in [0.717, 1.165) is 11.3 Å². The third kappa shape index (κ3) is 1.29. The fourth-order valence-corrected chi connectivity index (χ4v) is 1.20. The second-order valence-electron chi connectivity index (χ2n) is 2.68. The molecule has 0 aliphatic carbocycles. The minimum Gasteiger partial charge on any atom is -0.325 e. The molecule has 4 nitrogen and oxygen atoms in total. The first-order valence-corrected chi connectivity index (χ1v) is 3.80. The number of carbonyl (C=O) groups excluding carboxylic acids is 1. The highest BCUT2D eigenvalue weighted by molar-refractivity contribution is 5.93. The molecule has 0 spiro atoms. The average Bonchev–Trinajstić information content (AvgIpc) is 2.25. The molecule has 0 saturated carbocycles. The van der Waals surface area contributed by atoms with Gasteiger partial charge in [0.05, 0.1) is 6.54 Å². The Kier molecular flexibility index (Phi) is 1.75. The molecular weight excluding hydrogens is 154 g/mol. The van der Waals surface area contributed by atoms with E-state index >= 15 is 0 Å². The molecule has 12 heavy (non-hydrogen) atoms. The molecule has 0 fully saturated rings. The first-order chi connectivity index (χ1) is 5.86. The van der Waals surface area contributed by atoms with Crippen LogP contribution < -0.4 is 10.6 Å². The minimum atomic E-state index is -0.0000463. The Morgan fingerprint density at radius 2 is 2.33 bits per heavy atom. The molecule has 0 bridgehead atoms. The first kappa shape index (κ1) is 7.24. The highest BCUT2D eigenvalue weighted by atomic mass is 16.1. The first-order valence-electron chi connectivity index (χ1n) is 3.80. The van der Waals surface area contributed by atoms with Gasteiger partial charge in [-0.3, -0.25) is 9.78 Å². The van der Waals surface area contributed by atoms with Gasteiger partial charge in [-0.1, -0.05) is 0 Å². The van der Waals surface area contributed by atoms with Crippen LogP contribution in [0.15, 0.2) is 18.5 Å². The molecule has 0 aromatic carbocycles. The Hall–Kier alpha value is -1.42. The van der Waals surface area contributed by atoms with Crippen LogP contribution in [-0.2, 0) is 11.3 Å². The van der Waals surface area contributed by atoms with Gasteiger partial charge in [0.1, 0.15) is 0 Å². The van der Waals surface area contributed by atoms with Crippen LogP contribution >= 0.6 is 0 Å². The second kappa shape index (κ2) is 2.91. The summed E-state index contributed by atoms with van der Waals surface area (Å²) in [7, 11) is 0. The molecule has 0 radical (unpaired) electrons. The monoisotopic (exact) mass is 163 g/mol. The van der Waals surface area contributed by atoms with Crippen LogP contribution in [0, 0.1) is 0 Å². The zero-order chi connectivity index (χ0) is 8.39. The van der Waals surface area contributed by atoms with Gasteiger partial charge in [-0.2, -0.15) is 0 Å². The van der Waals surface area contributed by atoms with Gasteiger partial charge in [0.25, 0.3) is 0 Å². The van der Waals surface area contributed by atoms with Crippen LogP contribution in [-0.4, -0.2) is 17.4 Å². The number of fused-ring (bicyclic) bond motifs is 1. The molecule has 1 aliphatic heterocycles. The summed E-state index contributed by atoms with van der Waals surface area (Å²) in [4.78, 5) is 15.0. The lowest BCUT2D eigenvalue weighted by atomic mass is 10.2. The van der Waals surface area contributed by atoms with E-state index in [1.54, 1.807) is 18.5 Å². The smallest absolute Gasteiger partial charge is 0.238 e. The molecular formula is C8H9N3O. The minimum absolute atomic E-state index is 0.0000463. The predicted molar refractivity (Wildman–Crippen MR) is 44.6 cm³/mol. The molecule has 2 N–H and O–H groups in total. The molecule has 0 saturated heterocycles. The van der Waals surface area contributed by atoms with Crippen molar-refractivity contribution >= 4 is 11.6 Å². The average molecular weight is 163 g/mol. The molecule has 4 heteroatoms. The van der Waals surface area contributed by atoms with Crippen molar-refractivity contribution in [1.29, 1.82) is 0 Å². The van der Waals surface area contributed by atoms with E-state index in [-0.39, 0.29) is 5.91 Å². The van der Waals surface area contributed by atoms with Crippen molar-refractivity contribution in [2.45, 2.75) is 6.54 Å². The number of pyridine rings is 1. The molecule has 0 unspecified atom stereocenters. The summed E-state index contributed by atoms with van der Waals surface area (Å²) in [5, 5.41) is 5.78. The predicted octanol–water partition coefficient (Wildman–Crippen LogP) is 0.123. The van der Waals surface area contributed by atoms with Crippen LogP contribution in [0.4, 0.5) is 5.69 Å². The standard InChI is InChI=1S/C8H9N3O/c12-8-5-10-4-6-3-9-2-1-7(6)11-8/h1-3,10H,4-5H2,(H,11,12). The lowest BCUT2D eigenvalue weighted by Crippen LogP contribution is -2.23. The Morgan fingerprint density at radius 3 is 3.25 bits per heavy atom. The van der Waals surface area contributed by atoms with Crippen molar-refractivity contribution in [1.82, 2.24) is 10.3 Å². The topological polar surface area (TPSA) is 54.0 Å². The highest BCUT2D eigenvalue weighted by Gasteiger charge is 2.10. The summed E-state index contributed by atoms with van der Waals surface area (Å²) in [6, 6.07) is 1.81. The van der Waals surface area contributed by atoms with Crippen LogP contribution in [0.3, 0.4) is 0 Å². The van der Waals surface area contributed by atoms with Gasteiger partial charge in [-0.25, -0.2) is 0 Å². The number of hydrogen-bond donors (Lipinski definition) is 2. The van der Waals surface area contributed by atoms with E-state index in [9.17, 15) is 4.79 Å². The van der Waals surface area contributed by atoms with Crippen molar-refractivity contribution < 1.29 is 4.79 Å². The number of nitrogens with zero attached hydrogens (tertiary/aromatic N) is 1. The summed E-state index contributed by atoms with van der Waals surface area (Å²) in [6.07, 6.45) is 3.43. The lowest BCUT2D eigenvalue weighted by Gasteiger charge is -2.02. The molecule has 1 amide bonds. The van der Waals surface area contributed by atoms with Crippen molar-refractivity contribution in [2.75, 3.05) is 11.9 Å². The van der Waals surface area contributed by atoms with Gasteiger partial charge < -0.3 is 10.6 Å². The van der Waals surface area contributed by atoms with Crippen molar-refractivity contribution in [3.05, 3.63) is 24.0 Å². The lowest BCUT2D eigenvalue weighted by molar-refractivity contribution is -0.115. The van der Waals surface area contributed by atoms with Gasteiger partial charge >= 0.3 is 0 Å². The van der Waals surface area contributed by atoms with Gasteiger partial charge in [0, 0.05) is 30.2 Å². The van der Waals surface area contributed by atoms with Crippen LogP contribution in [0.1, 0.15) is 5.56 Å². The summed E-state index contributed by atoms with van der Waals surface area (Å²) < 4.78 is 0. The maximum Gasteiger partial charge on any atom is 0.238 e. The molecule has 1 aliphatic rings. The maximum absolute atomic E-state index is 11.1. The molecule has 1 aromatic rings. The Morgan fingerprint density at radius 1 is 1.42 bits per heavy atom. The van der Waals surface area contributed by atoms with Crippen LogP contribution in [0.2, 0.25) is 0 Å². The van der Waals surface area contributed by atoms with Gasteiger partial charge in [-0.15, -0.1) is 0 Å². The number of nitrogens with one attached hydrogen (secondary N) is 2. The third-order valence-corrected chi connectivity index (χ3v) is 1.78. The van der Waals surface area contributed by atoms with E-state index in [2.05, 4.69) is 15.6 Å². The zero-order valence-corrected chi connectivity index (χ0v) is 6.50. The summed E-state index contributed by atoms with van der Waals surface area (Å²) in [6.45, 7) is 1.07. The van der Waals surface area contributed by atoms with Crippen molar-refractivity contribution in [3.63, 3.8) is 0 Å². The number of amides is 1. The van der Waals surface area contributed by atoms with E-state index < -0.39 is 0 Å². The normalized spacial score (nSPS) is 16.2.